The summed E-state index contributed by atoms with van der Waals surface area (Å²) in [4.78, 5) is 22.3. The summed E-state index contributed by atoms with van der Waals surface area (Å²) in [6.07, 6.45) is 4.45. The van der Waals surface area contributed by atoms with Crippen LogP contribution in [0.2, 0.25) is 0 Å². The van der Waals surface area contributed by atoms with Crippen molar-refractivity contribution < 1.29 is 4.79 Å². The molecule has 1 fully saturated rings. The predicted octanol–water partition coefficient (Wildman–Crippen LogP) is 5.10. The van der Waals surface area contributed by atoms with Crippen LogP contribution in [-0.2, 0) is 17.8 Å². The van der Waals surface area contributed by atoms with Gasteiger partial charge in [0.2, 0.25) is 5.91 Å². The molecule has 1 aliphatic rings. The fraction of sp³-hybridized carbons (Fsp3) is 0.240. The van der Waals surface area contributed by atoms with Gasteiger partial charge in [-0.25, -0.2) is 9.97 Å². The third kappa shape index (κ3) is 4.59. The zero-order valence-corrected chi connectivity index (χ0v) is 18.2. The molecule has 0 spiro atoms. The maximum absolute atomic E-state index is 12.3. The van der Waals surface area contributed by atoms with Gasteiger partial charge < -0.3 is 10.6 Å². The molecule has 2 aromatic heterocycles. The molecule has 2 N–H and O–H groups in total. The number of hydrogen-bond donors (Lipinski definition) is 2. The SMILES string of the molecule is Cc1ccsc1CC(=O)NCc1cccc(-c2ccc3ncnc(NC4CC4)c3c2)c1. The molecule has 31 heavy (non-hydrogen) atoms. The highest BCUT2D eigenvalue weighted by molar-refractivity contribution is 7.10. The molecule has 0 unspecified atom stereocenters. The van der Waals surface area contributed by atoms with Gasteiger partial charge in [-0.1, -0.05) is 24.3 Å². The topological polar surface area (TPSA) is 66.9 Å². The molecule has 5 rings (SSSR count). The van der Waals surface area contributed by atoms with Gasteiger partial charge in [0.05, 0.1) is 11.9 Å². The Kier molecular flexibility index (Phi) is 5.38. The summed E-state index contributed by atoms with van der Waals surface area (Å²) in [5.41, 5.74) is 5.43. The minimum atomic E-state index is 0.0506. The number of nitrogens with zero attached hydrogens (tertiary/aromatic N) is 2. The molecule has 1 saturated carbocycles. The second-order valence-corrected chi connectivity index (χ2v) is 9.05. The van der Waals surface area contributed by atoms with Crippen LogP contribution in [0.15, 0.2) is 60.2 Å². The van der Waals surface area contributed by atoms with E-state index in [9.17, 15) is 4.79 Å². The van der Waals surface area contributed by atoms with Crippen molar-refractivity contribution in [3.05, 3.63) is 76.2 Å². The molecular formula is C25H24N4OS. The average molecular weight is 429 g/mol. The number of carbonyl (C=O) groups excluding carboxylic acids is 1. The first kappa shape index (κ1) is 19.7. The molecule has 5 nitrogen and oxygen atoms in total. The minimum absolute atomic E-state index is 0.0506. The van der Waals surface area contributed by atoms with E-state index in [1.54, 1.807) is 17.7 Å². The van der Waals surface area contributed by atoms with Gasteiger partial charge in [-0.3, -0.25) is 4.79 Å². The molecule has 0 atom stereocenters. The van der Waals surface area contributed by atoms with Crippen LogP contribution in [0.3, 0.4) is 0 Å². The van der Waals surface area contributed by atoms with Gasteiger partial charge in [0.15, 0.2) is 0 Å². The number of carbonyl (C=O) groups is 1. The van der Waals surface area contributed by atoms with E-state index in [1.165, 1.54) is 18.4 Å². The fourth-order valence-corrected chi connectivity index (χ4v) is 4.53. The molecule has 0 radical (unpaired) electrons. The molecule has 0 bridgehead atoms. The standard InChI is InChI=1S/C25H24N4OS/c1-16-9-10-31-23(16)13-24(30)26-14-17-3-2-4-18(11-17)19-5-8-22-21(12-19)25(28-15-27-22)29-20-6-7-20/h2-5,8-12,15,20H,6-7,13-14H2,1H3,(H,26,30)(H,27,28,29). The minimum Gasteiger partial charge on any atom is -0.367 e. The zero-order chi connectivity index (χ0) is 21.2. The van der Waals surface area contributed by atoms with Crippen LogP contribution in [0, 0.1) is 6.92 Å². The number of fused-ring (bicyclic) bond motifs is 1. The number of benzene rings is 2. The molecule has 156 valence electrons. The lowest BCUT2D eigenvalue weighted by molar-refractivity contribution is -0.120. The van der Waals surface area contributed by atoms with Crippen molar-refractivity contribution in [2.45, 2.75) is 38.8 Å². The highest BCUT2D eigenvalue weighted by atomic mass is 32.1. The maximum atomic E-state index is 12.3. The van der Waals surface area contributed by atoms with Crippen LogP contribution in [0.5, 0.6) is 0 Å². The second-order valence-electron chi connectivity index (χ2n) is 8.05. The molecule has 4 aromatic rings. The monoisotopic (exact) mass is 428 g/mol. The zero-order valence-electron chi connectivity index (χ0n) is 17.4. The number of rotatable bonds is 7. The largest absolute Gasteiger partial charge is 0.367 e. The number of aromatic nitrogens is 2. The van der Waals surface area contributed by atoms with Gasteiger partial charge in [-0.05, 0) is 71.7 Å². The quantitative estimate of drug-likeness (QED) is 0.430. The highest BCUT2D eigenvalue weighted by Gasteiger charge is 2.22. The first-order valence-electron chi connectivity index (χ1n) is 10.6. The van der Waals surface area contributed by atoms with Crippen LogP contribution >= 0.6 is 11.3 Å². The summed E-state index contributed by atoms with van der Waals surface area (Å²) in [6.45, 7) is 2.56. The van der Waals surface area contributed by atoms with Crippen molar-refractivity contribution in [2.24, 2.45) is 0 Å². The molecule has 1 aliphatic carbocycles. The van der Waals surface area contributed by atoms with Crippen LogP contribution in [0.4, 0.5) is 5.82 Å². The van der Waals surface area contributed by atoms with Crippen LogP contribution < -0.4 is 10.6 Å². The van der Waals surface area contributed by atoms with E-state index in [1.807, 2.05) is 30.5 Å². The van der Waals surface area contributed by atoms with Gasteiger partial charge in [-0.2, -0.15) is 0 Å². The lowest BCUT2D eigenvalue weighted by Crippen LogP contribution is -2.24. The van der Waals surface area contributed by atoms with Crippen molar-refractivity contribution in [3.63, 3.8) is 0 Å². The van der Waals surface area contributed by atoms with Crippen molar-refractivity contribution in [1.29, 1.82) is 0 Å². The van der Waals surface area contributed by atoms with Gasteiger partial charge in [-0.15, -0.1) is 11.3 Å². The van der Waals surface area contributed by atoms with Crippen LogP contribution in [-0.4, -0.2) is 21.9 Å². The number of anilines is 1. The van der Waals surface area contributed by atoms with E-state index in [2.05, 4.69) is 50.9 Å². The summed E-state index contributed by atoms with van der Waals surface area (Å²) >= 11 is 1.63. The van der Waals surface area contributed by atoms with Crippen molar-refractivity contribution >= 4 is 34.0 Å². The number of amides is 1. The van der Waals surface area contributed by atoms with E-state index < -0.39 is 0 Å². The Bertz CT molecular complexity index is 1250. The molecule has 6 heteroatoms. The molecule has 2 aromatic carbocycles. The number of thiophene rings is 1. The van der Waals surface area contributed by atoms with E-state index in [-0.39, 0.29) is 5.91 Å². The van der Waals surface area contributed by atoms with E-state index in [4.69, 9.17) is 0 Å². The first-order valence-corrected chi connectivity index (χ1v) is 11.4. The molecular weight excluding hydrogens is 404 g/mol. The Hall–Kier alpha value is -3.25. The Morgan fingerprint density at radius 3 is 2.77 bits per heavy atom. The summed E-state index contributed by atoms with van der Waals surface area (Å²) in [7, 11) is 0. The number of aryl methyl sites for hydroxylation is 1. The number of nitrogens with one attached hydrogen (secondary N) is 2. The lowest BCUT2D eigenvalue weighted by Gasteiger charge is -2.10. The third-order valence-corrected chi connectivity index (χ3v) is 6.62. The van der Waals surface area contributed by atoms with Gasteiger partial charge in [0, 0.05) is 22.8 Å². The van der Waals surface area contributed by atoms with E-state index in [0.717, 1.165) is 38.3 Å². The summed E-state index contributed by atoms with van der Waals surface area (Å²) < 4.78 is 0. The lowest BCUT2D eigenvalue weighted by atomic mass is 10.0. The fourth-order valence-electron chi connectivity index (χ4n) is 3.63. The second kappa shape index (κ2) is 8.47. The highest BCUT2D eigenvalue weighted by Crippen LogP contribution is 2.30. The summed E-state index contributed by atoms with van der Waals surface area (Å²) in [5.74, 6) is 0.955. The Balaban J connectivity index is 1.33. The summed E-state index contributed by atoms with van der Waals surface area (Å²) in [5, 5.41) is 9.62. The predicted molar refractivity (Wildman–Crippen MR) is 126 cm³/mol. The van der Waals surface area contributed by atoms with Crippen molar-refractivity contribution in [1.82, 2.24) is 15.3 Å². The summed E-state index contributed by atoms with van der Waals surface area (Å²) in [6, 6.07) is 17.2. The van der Waals surface area contributed by atoms with Crippen LogP contribution in [0.1, 0.15) is 28.8 Å². The first-order chi connectivity index (χ1) is 15.2. The van der Waals surface area contributed by atoms with Crippen molar-refractivity contribution in [3.8, 4) is 11.1 Å². The Morgan fingerprint density at radius 2 is 1.97 bits per heavy atom. The normalized spacial score (nSPS) is 13.3. The smallest absolute Gasteiger partial charge is 0.225 e. The van der Waals surface area contributed by atoms with Crippen molar-refractivity contribution in [2.75, 3.05) is 5.32 Å². The van der Waals surface area contributed by atoms with Gasteiger partial charge >= 0.3 is 0 Å². The van der Waals surface area contributed by atoms with Crippen LogP contribution in [0.25, 0.3) is 22.0 Å². The van der Waals surface area contributed by atoms with Gasteiger partial charge in [0.25, 0.3) is 0 Å². The molecule has 1 amide bonds. The molecule has 2 heterocycles. The average Bonchev–Trinajstić information content (AvgIpc) is 3.52. The number of hydrogen-bond acceptors (Lipinski definition) is 5. The Labute approximate surface area is 185 Å². The molecule has 0 aliphatic heterocycles. The van der Waals surface area contributed by atoms with Gasteiger partial charge in [0.1, 0.15) is 12.1 Å². The molecule has 0 saturated heterocycles. The third-order valence-electron chi connectivity index (χ3n) is 5.59. The maximum Gasteiger partial charge on any atom is 0.225 e. The van der Waals surface area contributed by atoms with E-state index in [0.29, 0.717) is 19.0 Å². The Morgan fingerprint density at radius 1 is 1.10 bits per heavy atom. The van der Waals surface area contributed by atoms with E-state index >= 15 is 0 Å².